The van der Waals surface area contributed by atoms with Crippen molar-refractivity contribution >= 4 is 11.9 Å². The summed E-state index contributed by atoms with van der Waals surface area (Å²) in [4.78, 5) is 23.6. The summed E-state index contributed by atoms with van der Waals surface area (Å²) < 4.78 is 4.74. The maximum Gasteiger partial charge on any atom is 0.308 e. The molecule has 0 spiro atoms. The average Bonchev–Trinajstić information content (AvgIpc) is 2.54. The summed E-state index contributed by atoms with van der Waals surface area (Å²) in [6.45, 7) is 0. The van der Waals surface area contributed by atoms with Gasteiger partial charge in [0.15, 0.2) is 0 Å². The zero-order valence-electron chi connectivity index (χ0n) is 12.0. The lowest BCUT2D eigenvalue weighted by molar-refractivity contribution is -0.146. The van der Waals surface area contributed by atoms with E-state index in [2.05, 4.69) is 5.32 Å². The number of hydrogen-bond donors (Lipinski definition) is 1. The standard InChI is InChI=1S/C16H18N2O3/c1-21-16(20)12-5-7-14(8-6-12)18-15(19)13-4-2-3-11(9-13)10-17/h2-4,9,12,14H,5-8H2,1H3,(H,18,19). The maximum absolute atomic E-state index is 12.1. The van der Waals surface area contributed by atoms with Crippen LogP contribution in [0.2, 0.25) is 0 Å². The first kappa shape index (κ1) is 15.0. The van der Waals surface area contributed by atoms with Crippen LogP contribution in [0.5, 0.6) is 0 Å². The van der Waals surface area contributed by atoms with E-state index in [0.717, 1.165) is 25.7 Å². The Morgan fingerprint density at radius 2 is 2.00 bits per heavy atom. The molecule has 1 aliphatic rings. The molecule has 1 saturated carbocycles. The van der Waals surface area contributed by atoms with E-state index < -0.39 is 0 Å². The fourth-order valence-corrected chi connectivity index (χ4v) is 2.64. The van der Waals surface area contributed by atoms with Gasteiger partial charge in [-0.25, -0.2) is 0 Å². The highest BCUT2D eigenvalue weighted by molar-refractivity contribution is 5.94. The largest absolute Gasteiger partial charge is 0.469 e. The number of rotatable bonds is 3. The summed E-state index contributed by atoms with van der Waals surface area (Å²) >= 11 is 0. The van der Waals surface area contributed by atoms with Gasteiger partial charge >= 0.3 is 5.97 Å². The van der Waals surface area contributed by atoms with Gasteiger partial charge in [0.05, 0.1) is 24.7 Å². The molecule has 1 aromatic rings. The Hall–Kier alpha value is -2.35. The monoisotopic (exact) mass is 286 g/mol. The van der Waals surface area contributed by atoms with E-state index in [9.17, 15) is 9.59 Å². The number of carbonyl (C=O) groups excluding carboxylic acids is 2. The summed E-state index contributed by atoms with van der Waals surface area (Å²) in [6.07, 6.45) is 3.00. The van der Waals surface area contributed by atoms with Crippen LogP contribution in [0.1, 0.15) is 41.6 Å². The van der Waals surface area contributed by atoms with Gasteiger partial charge in [-0.15, -0.1) is 0 Å². The van der Waals surface area contributed by atoms with Gasteiger partial charge < -0.3 is 10.1 Å². The molecule has 0 atom stereocenters. The van der Waals surface area contributed by atoms with E-state index in [1.54, 1.807) is 24.3 Å². The molecule has 110 valence electrons. The second-order valence-electron chi connectivity index (χ2n) is 5.24. The fraction of sp³-hybridized carbons (Fsp3) is 0.438. The first-order valence-corrected chi connectivity index (χ1v) is 7.03. The minimum Gasteiger partial charge on any atom is -0.469 e. The van der Waals surface area contributed by atoms with Crippen molar-refractivity contribution in [3.63, 3.8) is 0 Å². The van der Waals surface area contributed by atoms with Crippen LogP contribution in [0.25, 0.3) is 0 Å². The van der Waals surface area contributed by atoms with E-state index in [0.29, 0.717) is 11.1 Å². The molecule has 0 aliphatic heterocycles. The van der Waals surface area contributed by atoms with Crippen molar-refractivity contribution in [3.05, 3.63) is 35.4 Å². The summed E-state index contributed by atoms with van der Waals surface area (Å²) in [5, 5.41) is 11.8. The number of carbonyl (C=O) groups is 2. The molecule has 5 nitrogen and oxygen atoms in total. The molecular weight excluding hydrogens is 268 g/mol. The molecule has 1 aromatic carbocycles. The fourth-order valence-electron chi connectivity index (χ4n) is 2.64. The van der Waals surface area contributed by atoms with Gasteiger partial charge in [-0.1, -0.05) is 6.07 Å². The molecule has 21 heavy (non-hydrogen) atoms. The van der Waals surface area contributed by atoms with Crippen molar-refractivity contribution in [2.75, 3.05) is 7.11 Å². The number of nitrogens with zero attached hydrogens (tertiary/aromatic N) is 1. The molecule has 0 heterocycles. The molecule has 0 unspecified atom stereocenters. The first-order valence-electron chi connectivity index (χ1n) is 7.03. The van der Waals surface area contributed by atoms with Crippen LogP contribution in [0.4, 0.5) is 0 Å². The Kier molecular flexibility index (Phi) is 4.94. The lowest BCUT2D eigenvalue weighted by atomic mass is 9.86. The van der Waals surface area contributed by atoms with E-state index in [4.69, 9.17) is 10.00 Å². The van der Waals surface area contributed by atoms with Crippen molar-refractivity contribution in [1.82, 2.24) is 5.32 Å². The predicted octanol–water partition coefficient (Wildman–Crippen LogP) is 2.02. The van der Waals surface area contributed by atoms with Gasteiger partial charge in [0, 0.05) is 11.6 Å². The van der Waals surface area contributed by atoms with Gasteiger partial charge in [-0.05, 0) is 43.9 Å². The number of amides is 1. The molecular formula is C16H18N2O3. The van der Waals surface area contributed by atoms with Crippen molar-refractivity contribution in [1.29, 1.82) is 5.26 Å². The van der Waals surface area contributed by atoms with Gasteiger partial charge in [-0.3, -0.25) is 9.59 Å². The number of methoxy groups -OCH3 is 1. The topological polar surface area (TPSA) is 79.2 Å². The van der Waals surface area contributed by atoms with E-state index in [-0.39, 0.29) is 23.8 Å². The van der Waals surface area contributed by atoms with E-state index in [1.807, 2.05) is 6.07 Å². The van der Waals surface area contributed by atoms with Gasteiger partial charge in [0.1, 0.15) is 0 Å². The zero-order chi connectivity index (χ0) is 15.2. The smallest absolute Gasteiger partial charge is 0.308 e. The van der Waals surface area contributed by atoms with Gasteiger partial charge in [0.25, 0.3) is 5.91 Å². The highest BCUT2D eigenvalue weighted by Gasteiger charge is 2.27. The third kappa shape index (κ3) is 3.82. The minimum absolute atomic E-state index is 0.0509. The zero-order valence-corrected chi connectivity index (χ0v) is 12.0. The van der Waals surface area contributed by atoms with Crippen molar-refractivity contribution in [3.8, 4) is 6.07 Å². The number of hydrogen-bond acceptors (Lipinski definition) is 4. The summed E-state index contributed by atoms with van der Waals surface area (Å²) in [7, 11) is 1.40. The van der Waals surface area contributed by atoms with Gasteiger partial charge in [0.2, 0.25) is 0 Å². The normalized spacial score (nSPS) is 21.1. The van der Waals surface area contributed by atoms with Crippen LogP contribution in [0, 0.1) is 17.2 Å². The molecule has 1 aliphatic carbocycles. The minimum atomic E-state index is -0.173. The van der Waals surface area contributed by atoms with Crippen molar-refractivity contribution in [2.24, 2.45) is 5.92 Å². The third-order valence-corrected chi connectivity index (χ3v) is 3.85. The van der Waals surface area contributed by atoms with Crippen molar-refractivity contribution in [2.45, 2.75) is 31.7 Å². The van der Waals surface area contributed by atoms with E-state index >= 15 is 0 Å². The number of nitriles is 1. The summed E-state index contributed by atoms with van der Waals surface area (Å²) in [5.41, 5.74) is 0.959. The Bertz CT molecular complexity index is 569. The molecule has 0 aromatic heterocycles. The summed E-state index contributed by atoms with van der Waals surface area (Å²) in [6, 6.07) is 8.72. The van der Waals surface area contributed by atoms with Crippen LogP contribution in [0.3, 0.4) is 0 Å². The molecule has 0 bridgehead atoms. The average molecular weight is 286 g/mol. The predicted molar refractivity (Wildman–Crippen MR) is 76.4 cm³/mol. The number of ether oxygens (including phenoxy) is 1. The Balaban J connectivity index is 1.90. The lowest BCUT2D eigenvalue weighted by Gasteiger charge is -2.27. The van der Waals surface area contributed by atoms with Crippen LogP contribution < -0.4 is 5.32 Å². The van der Waals surface area contributed by atoms with E-state index in [1.165, 1.54) is 7.11 Å². The number of nitrogens with one attached hydrogen (secondary N) is 1. The third-order valence-electron chi connectivity index (χ3n) is 3.85. The molecule has 5 heteroatoms. The Labute approximate surface area is 123 Å². The summed E-state index contributed by atoms with van der Waals surface area (Å²) in [5.74, 6) is -0.389. The first-order chi connectivity index (χ1) is 10.1. The van der Waals surface area contributed by atoms with Crippen LogP contribution in [-0.4, -0.2) is 25.0 Å². The highest BCUT2D eigenvalue weighted by atomic mass is 16.5. The Morgan fingerprint density at radius 1 is 1.29 bits per heavy atom. The van der Waals surface area contributed by atoms with Crippen LogP contribution in [0.15, 0.2) is 24.3 Å². The molecule has 1 amide bonds. The SMILES string of the molecule is COC(=O)C1CCC(NC(=O)c2cccc(C#N)c2)CC1. The molecule has 1 N–H and O–H groups in total. The van der Waals surface area contributed by atoms with Crippen LogP contribution in [-0.2, 0) is 9.53 Å². The van der Waals surface area contributed by atoms with Gasteiger partial charge in [-0.2, -0.15) is 5.26 Å². The lowest BCUT2D eigenvalue weighted by Crippen LogP contribution is -2.38. The Morgan fingerprint density at radius 3 is 2.62 bits per heavy atom. The number of esters is 1. The molecule has 0 saturated heterocycles. The molecule has 1 fully saturated rings. The highest BCUT2D eigenvalue weighted by Crippen LogP contribution is 2.25. The molecule has 2 rings (SSSR count). The molecule has 0 radical (unpaired) electrons. The maximum atomic E-state index is 12.1. The quantitative estimate of drug-likeness (QED) is 0.862. The van der Waals surface area contributed by atoms with Crippen molar-refractivity contribution < 1.29 is 14.3 Å². The second-order valence-corrected chi connectivity index (χ2v) is 5.24. The van der Waals surface area contributed by atoms with Crippen LogP contribution >= 0.6 is 0 Å². The second kappa shape index (κ2) is 6.89. The number of benzene rings is 1.